The number of esters is 1. The topological polar surface area (TPSA) is 82.8 Å². The standard InChI is InChI=1S/C17H12ClN5O2S/c1-25-16(24)13-4-2-3-11(20-13)9-23-8-10(7-19-23)14-15-12(5-6-26-15)21-17(18)22-14/h2-8H,9H2,1H3. The number of hydrogen-bond donors (Lipinski definition) is 0. The molecule has 0 saturated carbocycles. The van der Waals surface area contributed by atoms with Gasteiger partial charge in [0.2, 0.25) is 5.28 Å². The van der Waals surface area contributed by atoms with Crippen molar-refractivity contribution in [2.45, 2.75) is 6.54 Å². The highest BCUT2D eigenvalue weighted by atomic mass is 35.5. The fraction of sp³-hybridized carbons (Fsp3) is 0.118. The van der Waals surface area contributed by atoms with Crippen molar-refractivity contribution in [1.82, 2.24) is 24.7 Å². The smallest absolute Gasteiger partial charge is 0.356 e. The molecule has 4 aromatic rings. The van der Waals surface area contributed by atoms with Crippen LogP contribution in [0.15, 0.2) is 42.0 Å². The number of halogens is 1. The third kappa shape index (κ3) is 3.16. The van der Waals surface area contributed by atoms with Gasteiger partial charge in [-0.2, -0.15) is 5.10 Å². The molecule has 0 saturated heterocycles. The summed E-state index contributed by atoms with van der Waals surface area (Å²) >= 11 is 7.58. The minimum Gasteiger partial charge on any atom is -0.464 e. The lowest BCUT2D eigenvalue weighted by atomic mass is 10.2. The summed E-state index contributed by atoms with van der Waals surface area (Å²) < 4.78 is 7.39. The number of methoxy groups -OCH3 is 1. The number of thiophene rings is 1. The Kier molecular flexibility index (Phi) is 4.36. The SMILES string of the molecule is COC(=O)c1cccc(Cn2cc(-c3nc(Cl)nc4ccsc34)cn2)n1. The molecule has 0 bridgehead atoms. The highest BCUT2D eigenvalue weighted by Crippen LogP contribution is 2.30. The summed E-state index contributed by atoms with van der Waals surface area (Å²) in [5, 5.41) is 6.52. The van der Waals surface area contributed by atoms with Crippen LogP contribution in [0.3, 0.4) is 0 Å². The number of ether oxygens (including phenoxy) is 1. The van der Waals surface area contributed by atoms with Crippen molar-refractivity contribution in [3.05, 3.63) is 58.7 Å². The van der Waals surface area contributed by atoms with Gasteiger partial charge in [0, 0.05) is 11.8 Å². The Labute approximate surface area is 157 Å². The molecular formula is C17H12ClN5O2S. The van der Waals surface area contributed by atoms with Gasteiger partial charge in [-0.1, -0.05) is 6.07 Å². The van der Waals surface area contributed by atoms with Gasteiger partial charge in [-0.05, 0) is 35.2 Å². The number of carbonyl (C=O) groups is 1. The lowest BCUT2D eigenvalue weighted by Crippen LogP contribution is -2.08. The molecule has 0 spiro atoms. The van der Waals surface area contributed by atoms with E-state index in [-0.39, 0.29) is 11.0 Å². The highest BCUT2D eigenvalue weighted by Gasteiger charge is 2.13. The van der Waals surface area contributed by atoms with Crippen LogP contribution < -0.4 is 0 Å². The molecule has 4 heterocycles. The second-order valence-corrected chi connectivity index (χ2v) is 6.66. The fourth-order valence-corrected chi connectivity index (χ4v) is 3.57. The number of rotatable bonds is 4. The van der Waals surface area contributed by atoms with Crippen LogP contribution in [0.4, 0.5) is 0 Å². The van der Waals surface area contributed by atoms with Crippen LogP contribution in [-0.4, -0.2) is 37.8 Å². The minimum atomic E-state index is -0.469. The predicted octanol–water partition coefficient (Wildman–Crippen LogP) is 3.44. The van der Waals surface area contributed by atoms with E-state index in [0.717, 1.165) is 21.5 Å². The van der Waals surface area contributed by atoms with E-state index in [4.69, 9.17) is 16.3 Å². The Morgan fingerprint density at radius 1 is 1.27 bits per heavy atom. The van der Waals surface area contributed by atoms with Gasteiger partial charge in [0.15, 0.2) is 0 Å². The van der Waals surface area contributed by atoms with E-state index in [1.807, 2.05) is 23.7 Å². The molecule has 4 rings (SSSR count). The molecule has 0 unspecified atom stereocenters. The lowest BCUT2D eigenvalue weighted by molar-refractivity contribution is 0.0593. The van der Waals surface area contributed by atoms with Gasteiger partial charge in [0.25, 0.3) is 0 Å². The van der Waals surface area contributed by atoms with Crippen LogP contribution >= 0.6 is 22.9 Å². The van der Waals surface area contributed by atoms with Crippen molar-refractivity contribution in [1.29, 1.82) is 0 Å². The van der Waals surface area contributed by atoms with E-state index in [0.29, 0.717) is 12.2 Å². The second kappa shape index (κ2) is 6.81. The van der Waals surface area contributed by atoms with E-state index in [1.54, 1.807) is 34.3 Å². The molecule has 9 heteroatoms. The van der Waals surface area contributed by atoms with Crippen LogP contribution in [0.1, 0.15) is 16.2 Å². The van der Waals surface area contributed by atoms with Crippen molar-refractivity contribution < 1.29 is 9.53 Å². The molecule has 0 amide bonds. The largest absolute Gasteiger partial charge is 0.464 e. The minimum absolute atomic E-state index is 0.200. The van der Waals surface area contributed by atoms with Gasteiger partial charge < -0.3 is 4.74 Å². The van der Waals surface area contributed by atoms with Crippen LogP contribution in [0.2, 0.25) is 5.28 Å². The molecular weight excluding hydrogens is 374 g/mol. The van der Waals surface area contributed by atoms with Crippen LogP contribution in [0.25, 0.3) is 21.5 Å². The number of hydrogen-bond acceptors (Lipinski definition) is 7. The van der Waals surface area contributed by atoms with E-state index < -0.39 is 5.97 Å². The highest BCUT2D eigenvalue weighted by molar-refractivity contribution is 7.17. The van der Waals surface area contributed by atoms with Crippen LogP contribution in [0.5, 0.6) is 0 Å². The van der Waals surface area contributed by atoms with Crippen molar-refractivity contribution in [3.8, 4) is 11.3 Å². The summed E-state index contributed by atoms with van der Waals surface area (Å²) in [6, 6.07) is 7.11. The molecule has 0 aliphatic heterocycles. The van der Waals surface area contributed by atoms with Gasteiger partial charge >= 0.3 is 5.97 Å². The van der Waals surface area contributed by atoms with Crippen molar-refractivity contribution in [2.75, 3.05) is 7.11 Å². The molecule has 0 aliphatic carbocycles. The molecule has 7 nitrogen and oxygen atoms in total. The number of nitrogens with zero attached hydrogens (tertiary/aromatic N) is 5. The maximum atomic E-state index is 11.6. The molecule has 0 N–H and O–H groups in total. The Hall–Kier alpha value is -2.84. The molecule has 0 radical (unpaired) electrons. The summed E-state index contributed by atoms with van der Waals surface area (Å²) in [4.78, 5) is 24.5. The lowest BCUT2D eigenvalue weighted by Gasteiger charge is -2.04. The van der Waals surface area contributed by atoms with Crippen LogP contribution in [-0.2, 0) is 11.3 Å². The maximum absolute atomic E-state index is 11.6. The van der Waals surface area contributed by atoms with Crippen molar-refractivity contribution in [2.24, 2.45) is 0 Å². The Bertz CT molecular complexity index is 1110. The van der Waals surface area contributed by atoms with E-state index in [9.17, 15) is 4.79 Å². The number of fused-ring (bicyclic) bond motifs is 1. The number of carbonyl (C=O) groups excluding carboxylic acids is 1. The molecule has 0 aliphatic rings. The summed E-state index contributed by atoms with van der Waals surface area (Å²) in [6.45, 7) is 0.414. The first-order valence-electron chi connectivity index (χ1n) is 7.62. The fourth-order valence-electron chi connectivity index (χ4n) is 2.56. The third-order valence-corrected chi connectivity index (χ3v) is 4.79. The van der Waals surface area contributed by atoms with Crippen molar-refractivity contribution in [3.63, 3.8) is 0 Å². The number of aromatic nitrogens is 5. The summed E-state index contributed by atoms with van der Waals surface area (Å²) in [5.41, 5.74) is 3.36. The van der Waals surface area contributed by atoms with Gasteiger partial charge in [-0.3, -0.25) is 4.68 Å². The first-order chi connectivity index (χ1) is 12.6. The Morgan fingerprint density at radius 2 is 2.15 bits per heavy atom. The summed E-state index contributed by atoms with van der Waals surface area (Å²) in [6.07, 6.45) is 3.59. The molecule has 0 atom stereocenters. The van der Waals surface area contributed by atoms with E-state index >= 15 is 0 Å². The summed E-state index contributed by atoms with van der Waals surface area (Å²) in [7, 11) is 1.33. The molecule has 130 valence electrons. The van der Waals surface area contributed by atoms with Gasteiger partial charge in [0.05, 0.1) is 41.5 Å². The molecule has 26 heavy (non-hydrogen) atoms. The first kappa shape index (κ1) is 16.6. The van der Waals surface area contributed by atoms with Gasteiger partial charge in [-0.15, -0.1) is 11.3 Å². The average molecular weight is 386 g/mol. The Balaban J connectivity index is 1.64. The normalized spacial score (nSPS) is 11.0. The Morgan fingerprint density at radius 3 is 3.00 bits per heavy atom. The molecule has 0 aromatic carbocycles. The third-order valence-electron chi connectivity index (χ3n) is 3.71. The molecule has 0 fully saturated rings. The first-order valence-corrected chi connectivity index (χ1v) is 8.87. The quantitative estimate of drug-likeness (QED) is 0.395. The maximum Gasteiger partial charge on any atom is 0.356 e. The van der Waals surface area contributed by atoms with E-state index in [1.165, 1.54) is 7.11 Å². The zero-order valence-electron chi connectivity index (χ0n) is 13.6. The zero-order valence-corrected chi connectivity index (χ0v) is 15.2. The predicted molar refractivity (Wildman–Crippen MR) is 98.3 cm³/mol. The second-order valence-electron chi connectivity index (χ2n) is 5.41. The monoisotopic (exact) mass is 385 g/mol. The van der Waals surface area contributed by atoms with Crippen LogP contribution in [0, 0.1) is 0 Å². The average Bonchev–Trinajstić information content (AvgIpc) is 3.30. The van der Waals surface area contributed by atoms with Gasteiger partial charge in [0.1, 0.15) is 5.69 Å². The summed E-state index contributed by atoms with van der Waals surface area (Å²) in [5.74, 6) is -0.469. The number of pyridine rings is 1. The zero-order chi connectivity index (χ0) is 18.1. The molecule has 4 aromatic heterocycles. The van der Waals surface area contributed by atoms with E-state index in [2.05, 4.69) is 20.1 Å². The van der Waals surface area contributed by atoms with Gasteiger partial charge in [-0.25, -0.2) is 19.7 Å². The van der Waals surface area contributed by atoms with Crippen molar-refractivity contribution >= 4 is 39.1 Å².